The molecule has 0 fully saturated rings. The number of benzene rings is 2. The third-order valence-electron chi connectivity index (χ3n) is 3.13. The number of aryl methyl sites for hydroxylation is 2. The van der Waals surface area contributed by atoms with Gasteiger partial charge in [0.15, 0.2) is 12.7 Å². The summed E-state index contributed by atoms with van der Waals surface area (Å²) < 4.78 is 0. The normalized spacial score (nSPS) is 9.90. The van der Waals surface area contributed by atoms with Crippen LogP contribution in [-0.4, -0.2) is 20.4 Å². The van der Waals surface area contributed by atoms with Gasteiger partial charge in [-0.25, -0.2) is 0 Å². The molecule has 0 unspecified atom stereocenters. The van der Waals surface area contributed by atoms with E-state index in [0.717, 1.165) is 12.8 Å². The lowest BCUT2D eigenvalue weighted by Gasteiger charge is -2.03. The van der Waals surface area contributed by atoms with Crippen molar-refractivity contribution in [3.63, 3.8) is 0 Å². The topological polar surface area (TPSA) is 51.6 Å². The summed E-state index contributed by atoms with van der Waals surface area (Å²) in [5.74, 6) is 0. The molecular formula is C16H18N4. The molecule has 0 spiro atoms. The number of fused-ring (bicyclic) bond motifs is 1. The van der Waals surface area contributed by atoms with Crippen LogP contribution in [0.1, 0.15) is 25.0 Å². The molecule has 0 aliphatic carbocycles. The highest BCUT2D eigenvalue weighted by atomic mass is 15.2. The van der Waals surface area contributed by atoms with Crippen LogP contribution in [0.3, 0.4) is 0 Å². The first-order chi connectivity index (χ1) is 9.83. The van der Waals surface area contributed by atoms with E-state index in [1.807, 2.05) is 0 Å². The van der Waals surface area contributed by atoms with E-state index in [2.05, 4.69) is 70.6 Å². The Morgan fingerprint density at radius 2 is 1.10 bits per heavy atom. The maximum atomic E-state index is 3.36. The van der Waals surface area contributed by atoms with Crippen LogP contribution in [-0.2, 0) is 12.8 Å². The molecule has 0 N–H and O–H groups in total. The Kier molecular flexibility index (Phi) is 5.12. The molecule has 4 heteroatoms. The van der Waals surface area contributed by atoms with Gasteiger partial charge in [0.1, 0.15) is 0 Å². The minimum absolute atomic E-state index is 1.12. The summed E-state index contributed by atoms with van der Waals surface area (Å²) in [6.45, 7) is 4.40. The average molecular weight is 266 g/mol. The van der Waals surface area contributed by atoms with Gasteiger partial charge in [-0.1, -0.05) is 50.2 Å². The van der Waals surface area contributed by atoms with Gasteiger partial charge in [0, 0.05) is 0 Å². The minimum Gasteiger partial charge on any atom is -0.135 e. The van der Waals surface area contributed by atoms with Gasteiger partial charge in [0.25, 0.3) is 0 Å². The van der Waals surface area contributed by atoms with Crippen LogP contribution >= 0.6 is 0 Å². The standard InChI is InChI=1S/C14H16.C2H2N4/c1-3-11-5-7-13-8-6-12(4-2)10-14(13)9-11;1-3-5-2-6-4-1/h5-10H,3-4H2,1-2H3;1-2H. The van der Waals surface area contributed by atoms with Crippen molar-refractivity contribution in [3.8, 4) is 0 Å². The third kappa shape index (κ3) is 3.82. The van der Waals surface area contributed by atoms with E-state index in [4.69, 9.17) is 0 Å². The van der Waals surface area contributed by atoms with Crippen LogP contribution in [0.4, 0.5) is 0 Å². The molecule has 20 heavy (non-hydrogen) atoms. The molecule has 0 bridgehead atoms. The zero-order chi connectivity index (χ0) is 14.2. The Hall–Kier alpha value is -2.36. The van der Waals surface area contributed by atoms with Crippen LogP contribution in [0.2, 0.25) is 0 Å². The molecule has 2 aromatic carbocycles. The summed E-state index contributed by atoms with van der Waals surface area (Å²) in [5, 5.41) is 16.2. The molecular weight excluding hydrogens is 248 g/mol. The van der Waals surface area contributed by atoms with E-state index >= 15 is 0 Å². The number of rotatable bonds is 2. The maximum Gasteiger partial charge on any atom is 0.160 e. The molecule has 3 aromatic rings. The summed E-state index contributed by atoms with van der Waals surface area (Å²) in [7, 11) is 0. The van der Waals surface area contributed by atoms with Crippen molar-refractivity contribution in [1.82, 2.24) is 20.4 Å². The summed E-state index contributed by atoms with van der Waals surface area (Å²) in [5.41, 5.74) is 2.84. The first kappa shape index (κ1) is 14.1. The summed E-state index contributed by atoms with van der Waals surface area (Å²) >= 11 is 0. The highest BCUT2D eigenvalue weighted by Crippen LogP contribution is 2.18. The Morgan fingerprint density at radius 3 is 1.45 bits per heavy atom. The van der Waals surface area contributed by atoms with Gasteiger partial charge in [-0.05, 0) is 34.7 Å². The molecule has 0 aliphatic rings. The van der Waals surface area contributed by atoms with Crippen molar-refractivity contribution in [2.24, 2.45) is 0 Å². The Balaban J connectivity index is 0.000000205. The second-order valence-corrected chi connectivity index (χ2v) is 4.42. The highest BCUT2D eigenvalue weighted by Gasteiger charge is 1.96. The molecule has 3 rings (SSSR count). The van der Waals surface area contributed by atoms with E-state index in [-0.39, 0.29) is 0 Å². The SMILES string of the molecule is CCc1ccc2ccc(CC)cc2c1.c1nncnn1. The third-order valence-corrected chi connectivity index (χ3v) is 3.13. The minimum atomic E-state index is 1.12. The lowest BCUT2D eigenvalue weighted by molar-refractivity contribution is 0.853. The Morgan fingerprint density at radius 1 is 0.650 bits per heavy atom. The smallest absolute Gasteiger partial charge is 0.135 e. The molecule has 0 saturated carbocycles. The highest BCUT2D eigenvalue weighted by molar-refractivity contribution is 5.83. The molecule has 4 nitrogen and oxygen atoms in total. The zero-order valence-corrected chi connectivity index (χ0v) is 11.8. The number of hydrogen-bond acceptors (Lipinski definition) is 4. The Labute approximate surface area is 118 Å². The van der Waals surface area contributed by atoms with E-state index < -0.39 is 0 Å². The number of aromatic nitrogens is 4. The average Bonchev–Trinajstić information content (AvgIpc) is 2.56. The first-order valence-electron chi connectivity index (χ1n) is 6.78. The van der Waals surface area contributed by atoms with Crippen molar-refractivity contribution < 1.29 is 0 Å². The molecule has 102 valence electrons. The molecule has 0 saturated heterocycles. The predicted molar refractivity (Wildman–Crippen MR) is 80.3 cm³/mol. The van der Waals surface area contributed by atoms with Crippen molar-refractivity contribution >= 4 is 10.8 Å². The van der Waals surface area contributed by atoms with Crippen LogP contribution in [0.15, 0.2) is 49.1 Å². The molecule has 1 aromatic heterocycles. The van der Waals surface area contributed by atoms with E-state index in [9.17, 15) is 0 Å². The van der Waals surface area contributed by atoms with E-state index in [1.165, 1.54) is 34.6 Å². The Bertz CT molecular complexity index is 587. The van der Waals surface area contributed by atoms with Crippen molar-refractivity contribution in [2.45, 2.75) is 26.7 Å². The van der Waals surface area contributed by atoms with E-state index in [0.29, 0.717) is 0 Å². The molecule has 0 amide bonds. The fraction of sp³-hybridized carbons (Fsp3) is 0.250. The number of hydrogen-bond donors (Lipinski definition) is 0. The summed E-state index contributed by atoms with van der Waals surface area (Å²) in [4.78, 5) is 0. The predicted octanol–water partition coefficient (Wildman–Crippen LogP) is 3.23. The van der Waals surface area contributed by atoms with Gasteiger partial charge in [0.05, 0.1) is 0 Å². The second kappa shape index (κ2) is 7.28. The van der Waals surface area contributed by atoms with E-state index in [1.54, 1.807) is 0 Å². The molecule has 0 radical (unpaired) electrons. The summed E-state index contributed by atoms with van der Waals surface area (Å²) in [6.07, 6.45) is 4.79. The zero-order valence-electron chi connectivity index (χ0n) is 11.8. The van der Waals surface area contributed by atoms with Crippen molar-refractivity contribution in [2.75, 3.05) is 0 Å². The van der Waals surface area contributed by atoms with Gasteiger partial charge in [-0.15, -0.1) is 20.4 Å². The lowest BCUT2D eigenvalue weighted by Crippen LogP contribution is -1.83. The van der Waals surface area contributed by atoms with Gasteiger partial charge in [-0.2, -0.15) is 0 Å². The first-order valence-corrected chi connectivity index (χ1v) is 6.78. The number of nitrogens with zero attached hydrogens (tertiary/aromatic N) is 4. The largest absolute Gasteiger partial charge is 0.160 e. The van der Waals surface area contributed by atoms with Gasteiger partial charge in [0.2, 0.25) is 0 Å². The van der Waals surface area contributed by atoms with Crippen LogP contribution in [0, 0.1) is 0 Å². The van der Waals surface area contributed by atoms with Crippen molar-refractivity contribution in [1.29, 1.82) is 0 Å². The van der Waals surface area contributed by atoms with Crippen LogP contribution in [0.5, 0.6) is 0 Å². The van der Waals surface area contributed by atoms with Crippen LogP contribution in [0.25, 0.3) is 10.8 Å². The van der Waals surface area contributed by atoms with Crippen molar-refractivity contribution in [3.05, 3.63) is 60.2 Å². The lowest BCUT2D eigenvalue weighted by atomic mass is 10.0. The summed E-state index contributed by atoms with van der Waals surface area (Å²) in [6, 6.07) is 13.5. The molecule has 1 heterocycles. The molecule has 0 atom stereocenters. The quantitative estimate of drug-likeness (QED) is 0.714. The van der Waals surface area contributed by atoms with Gasteiger partial charge in [-0.3, -0.25) is 0 Å². The maximum absolute atomic E-state index is 3.36. The fourth-order valence-corrected chi connectivity index (χ4v) is 1.95. The monoisotopic (exact) mass is 266 g/mol. The molecule has 0 aliphatic heterocycles. The van der Waals surface area contributed by atoms with Gasteiger partial charge < -0.3 is 0 Å². The van der Waals surface area contributed by atoms with Crippen LogP contribution < -0.4 is 0 Å². The van der Waals surface area contributed by atoms with Gasteiger partial charge >= 0.3 is 0 Å². The second-order valence-electron chi connectivity index (χ2n) is 4.42. The fourth-order valence-electron chi connectivity index (χ4n) is 1.95.